The van der Waals surface area contributed by atoms with Gasteiger partial charge in [-0.25, -0.2) is 0 Å². The maximum atomic E-state index is 11.6. The summed E-state index contributed by atoms with van der Waals surface area (Å²) >= 11 is 1.70. The van der Waals surface area contributed by atoms with Crippen LogP contribution in [0.2, 0.25) is 0 Å². The van der Waals surface area contributed by atoms with Crippen LogP contribution >= 0.6 is 11.8 Å². The third kappa shape index (κ3) is 2.54. The summed E-state index contributed by atoms with van der Waals surface area (Å²) in [6.07, 6.45) is 3.43. The average molecular weight is 274 g/mol. The molecule has 100 valence electrons. The minimum absolute atomic E-state index is 0.104. The Kier molecular flexibility index (Phi) is 3.60. The summed E-state index contributed by atoms with van der Waals surface area (Å²) in [7, 11) is 0. The molecule has 0 spiro atoms. The summed E-state index contributed by atoms with van der Waals surface area (Å²) in [5.41, 5.74) is 2.76. The van der Waals surface area contributed by atoms with E-state index in [1.807, 2.05) is 4.90 Å². The number of nitrogens with zero attached hydrogens (tertiary/aromatic N) is 2. The topological polar surface area (TPSA) is 32.7 Å². The molecule has 1 amide bonds. The van der Waals surface area contributed by atoms with Crippen molar-refractivity contribution >= 4 is 22.8 Å². The molecule has 3 nitrogen and oxygen atoms in total. The van der Waals surface area contributed by atoms with E-state index in [0.717, 1.165) is 30.3 Å². The second-order valence-electron chi connectivity index (χ2n) is 5.04. The number of benzene rings is 1. The van der Waals surface area contributed by atoms with Gasteiger partial charge in [0.25, 0.3) is 0 Å². The van der Waals surface area contributed by atoms with E-state index < -0.39 is 0 Å². The minimum atomic E-state index is 0.104. The van der Waals surface area contributed by atoms with E-state index in [1.54, 1.807) is 18.7 Å². The number of amidine groups is 1. The van der Waals surface area contributed by atoms with Crippen molar-refractivity contribution in [3.05, 3.63) is 35.4 Å². The molecular formula is C15H18N2OS. The molecule has 2 aliphatic rings. The van der Waals surface area contributed by atoms with Crippen molar-refractivity contribution in [2.75, 3.05) is 12.3 Å². The SMILES string of the molecule is CC(=O)N1CCSC1=NC1CCCc2ccccc21. The van der Waals surface area contributed by atoms with Gasteiger partial charge in [0.2, 0.25) is 5.91 Å². The van der Waals surface area contributed by atoms with Crippen LogP contribution in [0.5, 0.6) is 0 Å². The van der Waals surface area contributed by atoms with Gasteiger partial charge >= 0.3 is 0 Å². The van der Waals surface area contributed by atoms with Crippen LogP contribution in [0.25, 0.3) is 0 Å². The molecule has 1 aliphatic heterocycles. The van der Waals surface area contributed by atoms with Crippen molar-refractivity contribution in [3.8, 4) is 0 Å². The Balaban J connectivity index is 1.90. The maximum Gasteiger partial charge on any atom is 0.225 e. The molecule has 1 aromatic carbocycles. The van der Waals surface area contributed by atoms with Gasteiger partial charge < -0.3 is 0 Å². The monoisotopic (exact) mass is 274 g/mol. The van der Waals surface area contributed by atoms with E-state index in [2.05, 4.69) is 24.3 Å². The molecule has 1 unspecified atom stereocenters. The first kappa shape index (κ1) is 12.7. The molecule has 4 heteroatoms. The summed E-state index contributed by atoms with van der Waals surface area (Å²) < 4.78 is 0. The molecule has 1 saturated heterocycles. The van der Waals surface area contributed by atoms with Gasteiger partial charge in [-0.2, -0.15) is 0 Å². The first-order chi connectivity index (χ1) is 9.25. The predicted molar refractivity (Wildman–Crippen MR) is 79.4 cm³/mol. The van der Waals surface area contributed by atoms with Gasteiger partial charge in [0.05, 0.1) is 6.04 Å². The number of rotatable bonds is 1. The van der Waals surface area contributed by atoms with Crippen LogP contribution in [-0.4, -0.2) is 28.3 Å². The highest BCUT2D eigenvalue weighted by molar-refractivity contribution is 8.14. The molecule has 1 aliphatic carbocycles. The van der Waals surface area contributed by atoms with E-state index in [4.69, 9.17) is 4.99 Å². The number of hydrogen-bond donors (Lipinski definition) is 0. The van der Waals surface area contributed by atoms with Crippen molar-refractivity contribution in [2.24, 2.45) is 4.99 Å². The maximum absolute atomic E-state index is 11.6. The van der Waals surface area contributed by atoms with Crippen molar-refractivity contribution in [1.29, 1.82) is 0 Å². The molecule has 0 radical (unpaired) electrons. The number of amides is 1. The number of hydrogen-bond acceptors (Lipinski definition) is 3. The highest BCUT2D eigenvalue weighted by Crippen LogP contribution is 2.34. The van der Waals surface area contributed by atoms with Gasteiger partial charge in [-0.05, 0) is 30.4 Å². The van der Waals surface area contributed by atoms with Crippen molar-refractivity contribution in [2.45, 2.75) is 32.2 Å². The van der Waals surface area contributed by atoms with Crippen LogP contribution in [0.15, 0.2) is 29.3 Å². The zero-order chi connectivity index (χ0) is 13.2. The van der Waals surface area contributed by atoms with E-state index >= 15 is 0 Å². The van der Waals surface area contributed by atoms with Crippen molar-refractivity contribution in [1.82, 2.24) is 4.90 Å². The molecule has 0 bridgehead atoms. The Labute approximate surface area is 118 Å². The first-order valence-corrected chi connectivity index (χ1v) is 7.81. The molecule has 0 N–H and O–H groups in total. The molecule has 1 fully saturated rings. The summed E-state index contributed by atoms with van der Waals surface area (Å²) in [5.74, 6) is 1.07. The largest absolute Gasteiger partial charge is 0.291 e. The lowest BCUT2D eigenvalue weighted by molar-refractivity contribution is -0.124. The van der Waals surface area contributed by atoms with Crippen LogP contribution in [0.3, 0.4) is 0 Å². The lowest BCUT2D eigenvalue weighted by atomic mass is 9.88. The molecule has 0 saturated carbocycles. The number of carbonyl (C=O) groups is 1. The normalized spacial score (nSPS) is 24.6. The van der Waals surface area contributed by atoms with E-state index in [0.29, 0.717) is 0 Å². The fraction of sp³-hybridized carbons (Fsp3) is 0.467. The zero-order valence-corrected chi connectivity index (χ0v) is 11.9. The summed E-state index contributed by atoms with van der Waals surface area (Å²) in [5, 5.41) is 0.911. The number of thioether (sulfide) groups is 1. The van der Waals surface area contributed by atoms with Crippen molar-refractivity contribution in [3.63, 3.8) is 0 Å². The second-order valence-corrected chi connectivity index (χ2v) is 6.10. The van der Waals surface area contributed by atoms with Crippen LogP contribution in [0.4, 0.5) is 0 Å². The Morgan fingerprint density at radius 3 is 3.11 bits per heavy atom. The Morgan fingerprint density at radius 1 is 1.42 bits per heavy atom. The summed E-state index contributed by atoms with van der Waals surface area (Å²) in [6.45, 7) is 2.42. The fourth-order valence-corrected chi connectivity index (χ4v) is 3.83. The third-order valence-corrected chi connectivity index (χ3v) is 4.73. The van der Waals surface area contributed by atoms with Gasteiger partial charge in [0, 0.05) is 19.2 Å². The highest BCUT2D eigenvalue weighted by atomic mass is 32.2. The van der Waals surface area contributed by atoms with Crippen molar-refractivity contribution < 1.29 is 4.79 Å². The van der Waals surface area contributed by atoms with Gasteiger partial charge in [0.15, 0.2) is 5.17 Å². The smallest absolute Gasteiger partial charge is 0.225 e. The van der Waals surface area contributed by atoms with Gasteiger partial charge in [0.1, 0.15) is 0 Å². The molecule has 3 rings (SSSR count). The van der Waals surface area contributed by atoms with E-state index in [1.165, 1.54) is 17.5 Å². The number of aryl methyl sites for hydroxylation is 1. The Hall–Kier alpha value is -1.29. The van der Waals surface area contributed by atoms with Crippen LogP contribution in [0.1, 0.15) is 36.9 Å². The second kappa shape index (κ2) is 5.37. The zero-order valence-electron chi connectivity index (χ0n) is 11.1. The lowest BCUT2D eigenvalue weighted by Gasteiger charge is -2.24. The predicted octanol–water partition coefficient (Wildman–Crippen LogP) is 3.02. The highest BCUT2D eigenvalue weighted by Gasteiger charge is 2.26. The first-order valence-electron chi connectivity index (χ1n) is 6.82. The van der Waals surface area contributed by atoms with Crippen LogP contribution in [-0.2, 0) is 11.2 Å². The Morgan fingerprint density at radius 2 is 2.26 bits per heavy atom. The van der Waals surface area contributed by atoms with E-state index in [9.17, 15) is 4.79 Å². The molecule has 1 aromatic rings. The third-order valence-electron chi connectivity index (χ3n) is 3.76. The van der Waals surface area contributed by atoms with Crippen LogP contribution in [0, 0.1) is 0 Å². The summed E-state index contributed by atoms with van der Waals surface area (Å²) in [6, 6.07) is 8.79. The molecule has 1 heterocycles. The minimum Gasteiger partial charge on any atom is -0.291 e. The van der Waals surface area contributed by atoms with E-state index in [-0.39, 0.29) is 11.9 Å². The number of carbonyl (C=O) groups excluding carboxylic acids is 1. The van der Waals surface area contributed by atoms with Gasteiger partial charge in [-0.3, -0.25) is 14.7 Å². The van der Waals surface area contributed by atoms with Gasteiger partial charge in [-0.15, -0.1) is 0 Å². The fourth-order valence-electron chi connectivity index (χ4n) is 2.80. The molecule has 1 atom stereocenters. The van der Waals surface area contributed by atoms with Crippen LogP contribution < -0.4 is 0 Å². The van der Waals surface area contributed by atoms with Gasteiger partial charge in [-0.1, -0.05) is 36.0 Å². The average Bonchev–Trinajstić information content (AvgIpc) is 2.87. The molecule has 0 aromatic heterocycles. The Bertz CT molecular complexity index is 527. The number of aliphatic imine (C=N–C) groups is 1. The quantitative estimate of drug-likeness (QED) is 0.788. The lowest BCUT2D eigenvalue weighted by Crippen LogP contribution is -2.29. The standard InChI is InChI=1S/C15H18N2OS/c1-11(18)17-9-10-19-15(17)16-14-8-4-6-12-5-2-3-7-13(12)14/h2-3,5,7,14H,4,6,8-10H2,1H3. The molecular weight excluding hydrogens is 256 g/mol. The molecule has 19 heavy (non-hydrogen) atoms. The number of fused-ring (bicyclic) bond motifs is 1. The summed E-state index contributed by atoms with van der Waals surface area (Å²) in [4.78, 5) is 18.2.